The largest absolute Gasteiger partial charge is 0.469 e. The molecule has 0 amide bonds. The standard InChI is InChI=1S/C14H25NO2/c1-12(13(16)17-2)11-15-9-7-14(8-10-15)5-3-4-6-14/h12H,3-11H2,1-2H3. The highest BCUT2D eigenvalue weighted by Crippen LogP contribution is 2.46. The quantitative estimate of drug-likeness (QED) is 0.709. The lowest BCUT2D eigenvalue weighted by molar-refractivity contribution is -0.145. The van der Waals surface area contributed by atoms with Gasteiger partial charge in [-0.05, 0) is 44.2 Å². The fourth-order valence-electron chi connectivity index (χ4n) is 3.50. The molecule has 1 saturated carbocycles. The summed E-state index contributed by atoms with van der Waals surface area (Å²) < 4.78 is 4.78. The highest BCUT2D eigenvalue weighted by molar-refractivity contribution is 5.72. The number of nitrogens with zero attached hydrogens (tertiary/aromatic N) is 1. The van der Waals surface area contributed by atoms with Crippen LogP contribution in [0.5, 0.6) is 0 Å². The molecule has 1 aliphatic carbocycles. The molecule has 2 fully saturated rings. The Bertz CT molecular complexity index is 261. The molecule has 1 spiro atoms. The third-order valence-electron chi connectivity index (χ3n) is 4.72. The van der Waals surface area contributed by atoms with E-state index in [4.69, 9.17) is 4.74 Å². The summed E-state index contributed by atoms with van der Waals surface area (Å²) in [7, 11) is 1.47. The number of piperidine rings is 1. The minimum atomic E-state index is -0.0776. The molecule has 1 unspecified atom stereocenters. The lowest BCUT2D eigenvalue weighted by Gasteiger charge is -2.40. The van der Waals surface area contributed by atoms with Crippen LogP contribution in [-0.4, -0.2) is 37.6 Å². The van der Waals surface area contributed by atoms with Crippen molar-refractivity contribution in [3.63, 3.8) is 0 Å². The van der Waals surface area contributed by atoms with Crippen LogP contribution in [0, 0.1) is 11.3 Å². The molecule has 3 nitrogen and oxygen atoms in total. The smallest absolute Gasteiger partial charge is 0.309 e. The third kappa shape index (κ3) is 3.01. The molecule has 0 bridgehead atoms. The van der Waals surface area contributed by atoms with Crippen molar-refractivity contribution in [3.05, 3.63) is 0 Å². The summed E-state index contributed by atoms with van der Waals surface area (Å²) in [4.78, 5) is 13.8. The summed E-state index contributed by atoms with van der Waals surface area (Å²) in [5.41, 5.74) is 0.672. The summed E-state index contributed by atoms with van der Waals surface area (Å²) in [5, 5.41) is 0. The monoisotopic (exact) mass is 239 g/mol. The summed E-state index contributed by atoms with van der Waals surface area (Å²) in [5.74, 6) is -0.0659. The Morgan fingerprint density at radius 3 is 2.35 bits per heavy atom. The van der Waals surface area contributed by atoms with Crippen LogP contribution in [0.1, 0.15) is 45.4 Å². The molecule has 98 valence electrons. The lowest BCUT2D eigenvalue weighted by atomic mass is 9.77. The first-order chi connectivity index (χ1) is 8.15. The van der Waals surface area contributed by atoms with Gasteiger partial charge in [0.2, 0.25) is 0 Å². The van der Waals surface area contributed by atoms with E-state index in [0.29, 0.717) is 5.41 Å². The van der Waals surface area contributed by atoms with Gasteiger partial charge in [0.25, 0.3) is 0 Å². The van der Waals surface area contributed by atoms with Crippen LogP contribution in [0.2, 0.25) is 0 Å². The van der Waals surface area contributed by atoms with Crippen LogP contribution in [0.4, 0.5) is 0 Å². The van der Waals surface area contributed by atoms with Crippen LogP contribution in [0.15, 0.2) is 0 Å². The van der Waals surface area contributed by atoms with E-state index in [2.05, 4.69) is 4.90 Å². The maximum Gasteiger partial charge on any atom is 0.309 e. The van der Waals surface area contributed by atoms with Gasteiger partial charge in [0.15, 0.2) is 0 Å². The second kappa shape index (κ2) is 5.38. The van der Waals surface area contributed by atoms with E-state index in [1.165, 1.54) is 58.7 Å². The average Bonchev–Trinajstić information content (AvgIpc) is 2.80. The molecule has 0 radical (unpaired) electrons. The summed E-state index contributed by atoms with van der Waals surface area (Å²) >= 11 is 0. The molecular formula is C14H25NO2. The molecule has 1 heterocycles. The molecule has 1 atom stereocenters. The average molecular weight is 239 g/mol. The van der Waals surface area contributed by atoms with Gasteiger partial charge in [-0.2, -0.15) is 0 Å². The molecule has 17 heavy (non-hydrogen) atoms. The van der Waals surface area contributed by atoms with Gasteiger partial charge in [0.1, 0.15) is 0 Å². The SMILES string of the molecule is COC(=O)C(C)CN1CCC2(CCCC2)CC1. The maximum atomic E-state index is 11.4. The van der Waals surface area contributed by atoms with Crippen molar-refractivity contribution in [2.24, 2.45) is 11.3 Å². The van der Waals surface area contributed by atoms with Gasteiger partial charge in [0, 0.05) is 6.54 Å². The van der Waals surface area contributed by atoms with Crippen LogP contribution in [0.3, 0.4) is 0 Å². The predicted molar refractivity (Wildman–Crippen MR) is 67.8 cm³/mol. The zero-order valence-corrected chi connectivity index (χ0v) is 11.2. The number of esters is 1. The van der Waals surface area contributed by atoms with E-state index in [9.17, 15) is 4.79 Å². The number of ether oxygens (including phenoxy) is 1. The Kier molecular flexibility index (Phi) is 4.08. The number of likely N-dealkylation sites (tertiary alicyclic amines) is 1. The van der Waals surface area contributed by atoms with Gasteiger partial charge in [-0.25, -0.2) is 0 Å². The number of methoxy groups -OCH3 is 1. The second-order valence-electron chi connectivity index (χ2n) is 5.93. The Morgan fingerprint density at radius 2 is 1.82 bits per heavy atom. The topological polar surface area (TPSA) is 29.5 Å². The molecular weight excluding hydrogens is 214 g/mol. The van der Waals surface area contributed by atoms with E-state index >= 15 is 0 Å². The minimum absolute atomic E-state index is 0.0117. The van der Waals surface area contributed by atoms with Gasteiger partial charge in [0.05, 0.1) is 13.0 Å². The molecule has 0 aromatic heterocycles. The molecule has 0 aromatic rings. The summed E-state index contributed by atoms with van der Waals surface area (Å²) in [6.07, 6.45) is 8.40. The number of carbonyl (C=O) groups is 1. The van der Waals surface area contributed by atoms with Crippen LogP contribution in [0.25, 0.3) is 0 Å². The van der Waals surface area contributed by atoms with Crippen molar-refractivity contribution in [1.82, 2.24) is 4.90 Å². The van der Waals surface area contributed by atoms with E-state index in [1.54, 1.807) is 0 Å². The Morgan fingerprint density at radius 1 is 1.24 bits per heavy atom. The first-order valence-electron chi connectivity index (χ1n) is 6.95. The van der Waals surface area contributed by atoms with E-state index in [0.717, 1.165) is 6.54 Å². The Hall–Kier alpha value is -0.570. The zero-order valence-electron chi connectivity index (χ0n) is 11.2. The Balaban J connectivity index is 1.77. The van der Waals surface area contributed by atoms with Crippen LogP contribution < -0.4 is 0 Å². The van der Waals surface area contributed by atoms with Gasteiger partial charge in [-0.1, -0.05) is 19.8 Å². The first-order valence-corrected chi connectivity index (χ1v) is 6.95. The van der Waals surface area contributed by atoms with Crippen LogP contribution >= 0.6 is 0 Å². The number of carbonyl (C=O) groups excluding carboxylic acids is 1. The van der Waals surface area contributed by atoms with Crippen molar-refractivity contribution < 1.29 is 9.53 Å². The van der Waals surface area contributed by atoms with Crippen molar-refractivity contribution in [2.75, 3.05) is 26.7 Å². The maximum absolute atomic E-state index is 11.4. The second-order valence-corrected chi connectivity index (χ2v) is 5.93. The fourth-order valence-corrected chi connectivity index (χ4v) is 3.50. The first kappa shape index (κ1) is 12.9. The zero-order chi connectivity index (χ0) is 12.3. The van der Waals surface area contributed by atoms with E-state index < -0.39 is 0 Å². The number of hydrogen-bond acceptors (Lipinski definition) is 3. The highest BCUT2D eigenvalue weighted by Gasteiger charge is 2.37. The highest BCUT2D eigenvalue weighted by atomic mass is 16.5. The van der Waals surface area contributed by atoms with Crippen molar-refractivity contribution in [3.8, 4) is 0 Å². The molecule has 3 heteroatoms. The predicted octanol–water partition coefficient (Wildman–Crippen LogP) is 2.45. The third-order valence-corrected chi connectivity index (χ3v) is 4.72. The van der Waals surface area contributed by atoms with Gasteiger partial charge in [-0.3, -0.25) is 4.79 Å². The van der Waals surface area contributed by atoms with Crippen molar-refractivity contribution in [2.45, 2.75) is 45.4 Å². The normalized spacial score (nSPS) is 26.0. The van der Waals surface area contributed by atoms with Crippen molar-refractivity contribution in [1.29, 1.82) is 0 Å². The summed E-state index contributed by atoms with van der Waals surface area (Å²) in [6, 6.07) is 0. The number of rotatable bonds is 3. The van der Waals surface area contributed by atoms with Crippen molar-refractivity contribution >= 4 is 5.97 Å². The minimum Gasteiger partial charge on any atom is -0.469 e. The van der Waals surface area contributed by atoms with Gasteiger partial charge in [-0.15, -0.1) is 0 Å². The summed E-state index contributed by atoms with van der Waals surface area (Å²) in [6.45, 7) is 5.16. The molecule has 0 N–H and O–H groups in total. The van der Waals surface area contributed by atoms with Gasteiger partial charge < -0.3 is 9.64 Å². The number of hydrogen-bond donors (Lipinski definition) is 0. The Labute approximate surface area is 105 Å². The van der Waals surface area contributed by atoms with Crippen LogP contribution in [-0.2, 0) is 9.53 Å². The molecule has 1 saturated heterocycles. The van der Waals surface area contributed by atoms with E-state index in [1.807, 2.05) is 6.92 Å². The lowest BCUT2D eigenvalue weighted by Crippen LogP contribution is -2.42. The molecule has 2 rings (SSSR count). The molecule has 0 aromatic carbocycles. The van der Waals surface area contributed by atoms with Gasteiger partial charge >= 0.3 is 5.97 Å². The van der Waals surface area contributed by atoms with E-state index in [-0.39, 0.29) is 11.9 Å². The molecule has 1 aliphatic heterocycles. The fraction of sp³-hybridized carbons (Fsp3) is 0.929. The molecule has 2 aliphatic rings.